The number of nitrogens with zero attached hydrogens (tertiary/aromatic N) is 6. The Labute approximate surface area is 219 Å². The Balaban J connectivity index is 1.54. The number of nitrogens with one attached hydrogen (secondary N) is 1. The first-order chi connectivity index (χ1) is 18.5. The van der Waals surface area contributed by atoms with E-state index in [0.717, 1.165) is 24.2 Å². The van der Waals surface area contributed by atoms with Gasteiger partial charge < -0.3 is 29.2 Å². The van der Waals surface area contributed by atoms with Crippen molar-refractivity contribution < 1.29 is 19.3 Å². The topological polar surface area (TPSA) is 131 Å². The summed E-state index contributed by atoms with van der Waals surface area (Å²) in [6, 6.07) is 12.2. The zero-order valence-electron chi connectivity index (χ0n) is 21.6. The number of aromatic nitrogens is 5. The summed E-state index contributed by atoms with van der Waals surface area (Å²) in [6.07, 6.45) is 0. The van der Waals surface area contributed by atoms with Crippen LogP contribution in [0.1, 0.15) is 17.4 Å². The van der Waals surface area contributed by atoms with Gasteiger partial charge in [-0.2, -0.15) is 0 Å². The lowest BCUT2D eigenvalue weighted by Crippen LogP contribution is -2.49. The molecule has 12 heteroatoms. The molecule has 12 nitrogen and oxygen atoms in total. The van der Waals surface area contributed by atoms with E-state index in [9.17, 15) is 9.90 Å². The Morgan fingerprint density at radius 1 is 1.00 bits per heavy atom. The normalized spacial score (nSPS) is 15.1. The van der Waals surface area contributed by atoms with Gasteiger partial charge in [0.25, 0.3) is 5.56 Å². The van der Waals surface area contributed by atoms with Crippen LogP contribution < -0.4 is 19.9 Å². The fraction of sp³-hybridized carbons (Fsp3) is 0.385. The van der Waals surface area contributed by atoms with E-state index >= 15 is 0 Å². The molecule has 1 atom stereocenters. The van der Waals surface area contributed by atoms with Gasteiger partial charge in [-0.1, -0.05) is 0 Å². The highest BCUT2D eigenvalue weighted by atomic mass is 16.5. The molecule has 5 rings (SSSR count). The van der Waals surface area contributed by atoms with Gasteiger partial charge in [0.1, 0.15) is 11.8 Å². The van der Waals surface area contributed by atoms with Crippen LogP contribution in [-0.2, 0) is 11.3 Å². The molecule has 200 valence electrons. The molecule has 0 radical (unpaired) electrons. The van der Waals surface area contributed by atoms with Crippen molar-refractivity contribution in [3.8, 4) is 17.2 Å². The minimum atomic E-state index is -0.481. The van der Waals surface area contributed by atoms with Crippen molar-refractivity contribution in [3.63, 3.8) is 0 Å². The molecule has 0 amide bonds. The number of ether oxygens (including phenoxy) is 3. The average Bonchev–Trinajstić information content (AvgIpc) is 3.40. The minimum absolute atomic E-state index is 0.225. The van der Waals surface area contributed by atoms with Crippen molar-refractivity contribution in [2.75, 3.05) is 59.0 Å². The summed E-state index contributed by atoms with van der Waals surface area (Å²) in [6.45, 7) is 3.71. The van der Waals surface area contributed by atoms with E-state index in [1.165, 1.54) is 0 Å². The van der Waals surface area contributed by atoms with Gasteiger partial charge in [0.15, 0.2) is 17.3 Å². The smallest absolute Gasteiger partial charge is 0.253 e. The molecule has 1 aliphatic rings. The first-order valence-corrected chi connectivity index (χ1v) is 12.3. The monoisotopic (exact) mass is 521 g/mol. The molecule has 1 fully saturated rings. The number of benzene rings is 2. The zero-order chi connectivity index (χ0) is 26.6. The van der Waals surface area contributed by atoms with Crippen molar-refractivity contribution in [3.05, 3.63) is 64.2 Å². The number of pyridine rings is 1. The number of tetrazole rings is 1. The van der Waals surface area contributed by atoms with Crippen LogP contribution >= 0.6 is 0 Å². The highest BCUT2D eigenvalue weighted by molar-refractivity contribution is 5.83. The molecule has 1 saturated heterocycles. The van der Waals surface area contributed by atoms with Gasteiger partial charge in [-0.25, -0.2) is 4.68 Å². The average molecular weight is 522 g/mol. The molecule has 1 aliphatic heterocycles. The van der Waals surface area contributed by atoms with E-state index in [1.54, 1.807) is 44.2 Å². The third-order valence-corrected chi connectivity index (χ3v) is 6.88. The zero-order valence-corrected chi connectivity index (χ0v) is 21.6. The summed E-state index contributed by atoms with van der Waals surface area (Å²) in [5.41, 5.74) is 1.99. The number of phenols is 1. The van der Waals surface area contributed by atoms with Crippen LogP contribution in [0.2, 0.25) is 0 Å². The van der Waals surface area contributed by atoms with Crippen LogP contribution in [0.4, 0.5) is 5.69 Å². The van der Waals surface area contributed by atoms with Crippen LogP contribution in [0, 0.1) is 0 Å². The van der Waals surface area contributed by atoms with E-state index in [-0.39, 0.29) is 11.3 Å². The third kappa shape index (κ3) is 5.00. The Morgan fingerprint density at radius 2 is 1.71 bits per heavy atom. The predicted octanol–water partition coefficient (Wildman–Crippen LogP) is 1.80. The number of fused-ring (bicyclic) bond motifs is 1. The number of hydrogen-bond donors (Lipinski definition) is 2. The predicted molar refractivity (Wildman–Crippen MR) is 141 cm³/mol. The number of hydrogen-bond acceptors (Lipinski definition) is 10. The van der Waals surface area contributed by atoms with E-state index in [2.05, 4.69) is 30.3 Å². The second-order valence-corrected chi connectivity index (χ2v) is 9.04. The summed E-state index contributed by atoms with van der Waals surface area (Å²) < 4.78 is 17.8. The van der Waals surface area contributed by atoms with E-state index in [0.29, 0.717) is 54.6 Å². The van der Waals surface area contributed by atoms with Crippen LogP contribution in [0.25, 0.3) is 10.9 Å². The number of aromatic hydroxyl groups is 1. The van der Waals surface area contributed by atoms with Gasteiger partial charge in [-0.15, -0.1) is 5.10 Å². The summed E-state index contributed by atoms with van der Waals surface area (Å²) in [7, 11) is 4.76. The lowest BCUT2D eigenvalue weighted by atomic mass is 10.0. The van der Waals surface area contributed by atoms with Crippen molar-refractivity contribution in [2.24, 2.45) is 0 Å². The lowest BCUT2D eigenvalue weighted by Gasteiger charge is -2.39. The Hall–Kier alpha value is -4.16. The second kappa shape index (κ2) is 11.1. The first kappa shape index (κ1) is 25.5. The Kier molecular flexibility index (Phi) is 7.43. The number of aromatic amines is 1. The second-order valence-electron chi connectivity index (χ2n) is 9.04. The molecular weight excluding hydrogens is 490 g/mol. The van der Waals surface area contributed by atoms with E-state index in [1.807, 2.05) is 24.3 Å². The van der Waals surface area contributed by atoms with Crippen molar-refractivity contribution in [2.45, 2.75) is 12.6 Å². The van der Waals surface area contributed by atoms with Gasteiger partial charge in [0.05, 0.1) is 32.9 Å². The maximum atomic E-state index is 13.5. The summed E-state index contributed by atoms with van der Waals surface area (Å²) in [5.74, 6) is 1.92. The van der Waals surface area contributed by atoms with Crippen LogP contribution in [-0.4, -0.2) is 89.3 Å². The molecule has 0 aliphatic carbocycles. The number of methoxy groups -OCH3 is 3. The third-order valence-electron chi connectivity index (χ3n) is 6.88. The van der Waals surface area contributed by atoms with Crippen molar-refractivity contribution in [1.82, 2.24) is 30.1 Å². The van der Waals surface area contributed by atoms with Crippen LogP contribution in [0.3, 0.4) is 0 Å². The lowest BCUT2D eigenvalue weighted by molar-refractivity contribution is 0.171. The maximum Gasteiger partial charge on any atom is 0.253 e. The van der Waals surface area contributed by atoms with Gasteiger partial charge in [0, 0.05) is 56.0 Å². The molecule has 3 heterocycles. The molecular formula is C26H31N7O5. The molecule has 0 saturated carbocycles. The standard InChI is InChI=1S/C26H31N7O5/c1-36-13-12-33-25(28-29-30-33)24(32-10-8-31(9-11-32)18-4-6-19(34)7-5-18)20-14-17-15-22(37-2)23(38-3)16-21(17)27-26(20)35/h4-7,14-16,24,34H,8-13H2,1-3H3,(H,27,35)/t24-/m0/s1. The molecule has 4 aromatic rings. The fourth-order valence-electron chi connectivity index (χ4n) is 4.90. The molecule has 2 aromatic carbocycles. The minimum Gasteiger partial charge on any atom is -0.508 e. The summed E-state index contributed by atoms with van der Waals surface area (Å²) >= 11 is 0. The molecule has 2 aromatic heterocycles. The molecule has 0 bridgehead atoms. The van der Waals surface area contributed by atoms with E-state index < -0.39 is 6.04 Å². The van der Waals surface area contributed by atoms with Gasteiger partial charge in [0.2, 0.25) is 0 Å². The highest BCUT2D eigenvalue weighted by Crippen LogP contribution is 2.33. The van der Waals surface area contributed by atoms with Gasteiger partial charge in [-0.05, 0) is 46.8 Å². The number of phenolic OH excluding ortho intramolecular Hbond substituents is 1. The molecule has 0 spiro atoms. The van der Waals surface area contributed by atoms with Crippen LogP contribution in [0.15, 0.2) is 47.3 Å². The fourth-order valence-corrected chi connectivity index (χ4v) is 4.90. The largest absolute Gasteiger partial charge is 0.508 e. The number of piperazine rings is 1. The number of rotatable bonds is 9. The number of anilines is 1. The summed E-state index contributed by atoms with van der Waals surface area (Å²) in [4.78, 5) is 21.0. The number of H-pyrrole nitrogens is 1. The van der Waals surface area contributed by atoms with Gasteiger partial charge in [-0.3, -0.25) is 9.69 Å². The van der Waals surface area contributed by atoms with Crippen molar-refractivity contribution in [1.29, 1.82) is 0 Å². The van der Waals surface area contributed by atoms with Gasteiger partial charge >= 0.3 is 0 Å². The highest BCUT2D eigenvalue weighted by Gasteiger charge is 2.33. The Bertz CT molecular complexity index is 1440. The molecule has 38 heavy (non-hydrogen) atoms. The maximum absolute atomic E-state index is 13.5. The molecule has 2 N–H and O–H groups in total. The quantitative estimate of drug-likeness (QED) is 0.336. The van der Waals surface area contributed by atoms with Crippen LogP contribution in [0.5, 0.6) is 17.2 Å². The SMILES string of the molecule is COCCn1nnnc1[C@H](c1cc2cc(OC)c(OC)cc2[nH]c1=O)N1CCN(c2ccc(O)cc2)CC1. The summed E-state index contributed by atoms with van der Waals surface area (Å²) in [5, 5.41) is 22.9. The van der Waals surface area contributed by atoms with Crippen molar-refractivity contribution >= 4 is 16.6 Å². The Morgan fingerprint density at radius 3 is 2.39 bits per heavy atom. The molecule has 0 unspecified atom stereocenters. The first-order valence-electron chi connectivity index (χ1n) is 12.3. The van der Waals surface area contributed by atoms with E-state index in [4.69, 9.17) is 14.2 Å².